The summed E-state index contributed by atoms with van der Waals surface area (Å²) in [6, 6.07) is 0. The number of carbonyl (C=O) groups is 1. The maximum Gasteiger partial charge on any atom is 0.309 e. The summed E-state index contributed by atoms with van der Waals surface area (Å²) in [5.41, 5.74) is -1.22. The van der Waals surface area contributed by atoms with Crippen LogP contribution in [0.1, 0.15) is 20.3 Å². The van der Waals surface area contributed by atoms with Gasteiger partial charge in [0.25, 0.3) is 0 Å². The van der Waals surface area contributed by atoms with Crippen molar-refractivity contribution >= 4 is 5.97 Å². The van der Waals surface area contributed by atoms with Gasteiger partial charge in [-0.1, -0.05) is 0 Å². The van der Waals surface area contributed by atoms with Crippen molar-refractivity contribution in [3.05, 3.63) is 0 Å². The van der Waals surface area contributed by atoms with Crippen LogP contribution in [-0.4, -0.2) is 34.0 Å². The van der Waals surface area contributed by atoms with Gasteiger partial charge in [0.2, 0.25) is 0 Å². The van der Waals surface area contributed by atoms with Crippen molar-refractivity contribution < 1.29 is 19.7 Å². The molecule has 11 heavy (non-hydrogen) atoms. The lowest BCUT2D eigenvalue weighted by atomic mass is 9.95. The van der Waals surface area contributed by atoms with Gasteiger partial charge in [-0.3, -0.25) is 4.79 Å². The van der Waals surface area contributed by atoms with E-state index < -0.39 is 23.8 Å². The van der Waals surface area contributed by atoms with Crippen LogP contribution in [0.15, 0.2) is 0 Å². The molecule has 2 N–H and O–H groups in total. The molecule has 1 heterocycles. The fourth-order valence-corrected chi connectivity index (χ4v) is 1.32. The number of esters is 1. The second-order valence-corrected chi connectivity index (χ2v) is 3.19. The first-order valence-electron chi connectivity index (χ1n) is 3.53. The Labute approximate surface area is 64.8 Å². The monoisotopic (exact) mass is 160 g/mol. The number of cyclic esters (lactones) is 1. The molecule has 0 aromatic carbocycles. The topological polar surface area (TPSA) is 66.8 Å². The molecule has 0 spiro atoms. The van der Waals surface area contributed by atoms with Crippen molar-refractivity contribution in [3.63, 3.8) is 0 Å². The third-order valence-corrected chi connectivity index (χ3v) is 1.81. The third-order valence-electron chi connectivity index (χ3n) is 1.81. The predicted molar refractivity (Wildman–Crippen MR) is 36.8 cm³/mol. The van der Waals surface area contributed by atoms with Crippen molar-refractivity contribution in [1.29, 1.82) is 0 Å². The highest BCUT2D eigenvalue weighted by atomic mass is 16.6. The number of ether oxygens (including phenoxy) is 1. The molecular weight excluding hydrogens is 148 g/mol. The lowest BCUT2D eigenvalue weighted by Crippen LogP contribution is -2.41. The molecule has 0 bridgehead atoms. The summed E-state index contributed by atoms with van der Waals surface area (Å²) in [5, 5.41) is 18.6. The lowest BCUT2D eigenvalue weighted by molar-refractivity contribution is -0.148. The van der Waals surface area contributed by atoms with Gasteiger partial charge in [0.15, 0.2) is 6.10 Å². The number of rotatable bonds is 1. The Kier molecular flexibility index (Phi) is 1.90. The molecule has 1 aliphatic rings. The molecule has 1 aliphatic heterocycles. The van der Waals surface area contributed by atoms with Gasteiger partial charge in [0.1, 0.15) is 5.60 Å². The highest BCUT2D eigenvalue weighted by Crippen LogP contribution is 2.28. The molecule has 0 radical (unpaired) electrons. The maximum atomic E-state index is 10.7. The van der Waals surface area contributed by atoms with Gasteiger partial charge in [-0.15, -0.1) is 0 Å². The molecule has 4 nitrogen and oxygen atoms in total. The van der Waals surface area contributed by atoms with Crippen LogP contribution in [0.2, 0.25) is 0 Å². The van der Waals surface area contributed by atoms with Crippen molar-refractivity contribution in [2.24, 2.45) is 0 Å². The third kappa shape index (κ3) is 1.52. The Bertz CT molecular complexity index is 173. The normalized spacial score (nSPS) is 40.4. The minimum Gasteiger partial charge on any atom is -0.456 e. The van der Waals surface area contributed by atoms with Crippen molar-refractivity contribution in [2.45, 2.75) is 38.1 Å². The zero-order valence-electron chi connectivity index (χ0n) is 6.57. The van der Waals surface area contributed by atoms with Crippen molar-refractivity contribution in [3.8, 4) is 0 Å². The van der Waals surface area contributed by atoms with Gasteiger partial charge in [-0.05, 0) is 13.8 Å². The smallest absolute Gasteiger partial charge is 0.309 e. The van der Waals surface area contributed by atoms with E-state index in [0.717, 1.165) is 0 Å². The summed E-state index contributed by atoms with van der Waals surface area (Å²) in [5.74, 6) is -0.457. The van der Waals surface area contributed by atoms with Gasteiger partial charge in [-0.25, -0.2) is 0 Å². The predicted octanol–water partition coefficient (Wildman–Crippen LogP) is -0.566. The molecule has 0 aliphatic carbocycles. The quantitative estimate of drug-likeness (QED) is 0.504. The molecule has 1 unspecified atom stereocenters. The van der Waals surface area contributed by atoms with Crippen LogP contribution in [0.25, 0.3) is 0 Å². The highest BCUT2D eigenvalue weighted by Gasteiger charge is 2.46. The van der Waals surface area contributed by atoms with Gasteiger partial charge in [0, 0.05) is 0 Å². The summed E-state index contributed by atoms with van der Waals surface area (Å²) < 4.78 is 4.70. The standard InChI is InChI=1S/C7H12O4/c1-4(8)6-7(2,10)3-5(9)11-6/h4,6,8,10H,3H2,1-2H3/t4-,6-,7?/m0/s1. The van der Waals surface area contributed by atoms with E-state index >= 15 is 0 Å². The van der Waals surface area contributed by atoms with Crippen molar-refractivity contribution in [2.75, 3.05) is 0 Å². The molecule has 1 saturated heterocycles. The number of carbonyl (C=O) groups excluding carboxylic acids is 1. The number of aliphatic hydroxyl groups is 2. The Morgan fingerprint density at radius 2 is 2.36 bits per heavy atom. The first-order chi connectivity index (χ1) is 4.93. The van der Waals surface area contributed by atoms with E-state index in [2.05, 4.69) is 0 Å². The van der Waals surface area contributed by atoms with E-state index in [1.165, 1.54) is 13.8 Å². The van der Waals surface area contributed by atoms with Gasteiger partial charge in [-0.2, -0.15) is 0 Å². The van der Waals surface area contributed by atoms with E-state index in [1.807, 2.05) is 0 Å². The lowest BCUT2D eigenvalue weighted by Gasteiger charge is -2.24. The Hall–Kier alpha value is -0.610. The molecule has 1 rings (SSSR count). The molecule has 0 saturated carbocycles. The van der Waals surface area contributed by atoms with Crippen LogP contribution in [0.4, 0.5) is 0 Å². The van der Waals surface area contributed by atoms with E-state index in [-0.39, 0.29) is 6.42 Å². The summed E-state index contributed by atoms with van der Waals surface area (Å²) in [7, 11) is 0. The minimum absolute atomic E-state index is 0.0391. The first kappa shape index (κ1) is 8.49. The fraction of sp³-hybridized carbons (Fsp3) is 0.857. The molecule has 4 heteroatoms. The highest BCUT2D eigenvalue weighted by molar-refractivity contribution is 5.73. The Morgan fingerprint density at radius 1 is 1.82 bits per heavy atom. The molecule has 3 atom stereocenters. The molecule has 0 amide bonds. The van der Waals surface area contributed by atoms with Crippen LogP contribution in [0, 0.1) is 0 Å². The van der Waals surface area contributed by atoms with E-state index in [0.29, 0.717) is 0 Å². The van der Waals surface area contributed by atoms with Gasteiger partial charge < -0.3 is 14.9 Å². The number of hydrogen-bond donors (Lipinski definition) is 2. The SMILES string of the molecule is C[C@H](O)[C@@H]1OC(=O)CC1(C)O. The van der Waals surface area contributed by atoms with E-state index in [9.17, 15) is 9.90 Å². The first-order valence-corrected chi connectivity index (χ1v) is 3.53. The number of hydrogen-bond acceptors (Lipinski definition) is 4. The second-order valence-electron chi connectivity index (χ2n) is 3.19. The molecule has 64 valence electrons. The number of aliphatic hydroxyl groups excluding tert-OH is 1. The Balaban J connectivity index is 2.74. The fourth-order valence-electron chi connectivity index (χ4n) is 1.32. The van der Waals surface area contributed by atoms with Gasteiger partial charge >= 0.3 is 5.97 Å². The maximum absolute atomic E-state index is 10.7. The van der Waals surface area contributed by atoms with Crippen LogP contribution >= 0.6 is 0 Å². The summed E-state index contributed by atoms with van der Waals surface area (Å²) >= 11 is 0. The van der Waals surface area contributed by atoms with Crippen LogP contribution in [0.3, 0.4) is 0 Å². The average Bonchev–Trinajstić information content (AvgIpc) is 2.04. The van der Waals surface area contributed by atoms with Crippen molar-refractivity contribution in [1.82, 2.24) is 0 Å². The van der Waals surface area contributed by atoms with Gasteiger partial charge in [0.05, 0.1) is 12.5 Å². The summed E-state index contributed by atoms with van der Waals surface area (Å²) in [6.45, 7) is 2.97. The average molecular weight is 160 g/mol. The zero-order valence-corrected chi connectivity index (χ0v) is 6.57. The largest absolute Gasteiger partial charge is 0.456 e. The van der Waals surface area contributed by atoms with Crippen LogP contribution in [0.5, 0.6) is 0 Å². The Morgan fingerprint density at radius 3 is 2.55 bits per heavy atom. The summed E-state index contributed by atoms with van der Waals surface area (Å²) in [4.78, 5) is 10.7. The van der Waals surface area contributed by atoms with E-state index in [4.69, 9.17) is 9.84 Å². The zero-order chi connectivity index (χ0) is 8.65. The summed E-state index contributed by atoms with van der Waals surface area (Å²) in [6.07, 6.45) is -1.64. The molecule has 0 aromatic heterocycles. The van der Waals surface area contributed by atoms with Crippen LogP contribution < -0.4 is 0 Å². The van der Waals surface area contributed by atoms with Crippen LogP contribution in [-0.2, 0) is 9.53 Å². The van der Waals surface area contributed by atoms with E-state index in [1.54, 1.807) is 0 Å². The second kappa shape index (κ2) is 2.46. The molecule has 1 fully saturated rings. The minimum atomic E-state index is -1.22. The molecular formula is C7H12O4. The molecule has 0 aromatic rings.